The molecule has 17 heteroatoms. The van der Waals surface area contributed by atoms with Gasteiger partial charge in [0.25, 0.3) is 20.2 Å². The van der Waals surface area contributed by atoms with Crippen molar-refractivity contribution in [2.75, 3.05) is 0 Å². The van der Waals surface area contributed by atoms with Gasteiger partial charge in [-0.3, -0.25) is 9.11 Å². The number of unbranched alkanes of at least 4 members (excludes halogenated alkanes) is 6. The molecule has 0 amide bonds. The third-order valence-corrected chi connectivity index (χ3v) is 8.88. The molecule has 13 nitrogen and oxygen atoms in total. The molecule has 0 saturated carbocycles. The van der Waals surface area contributed by atoms with Gasteiger partial charge in [-0.05, 0) is 62.1 Å². The second-order valence-corrected chi connectivity index (χ2v) is 13.8. The van der Waals surface area contributed by atoms with Crippen LogP contribution in [0, 0.1) is 6.92 Å². The summed E-state index contributed by atoms with van der Waals surface area (Å²) >= 11 is 0. The Morgan fingerprint density at radius 3 is 1.56 bits per heavy atom. The number of hydrogen-bond donors (Lipinski definition) is 8. The first-order chi connectivity index (χ1) is 24.8. The number of aromatic amines is 4. The van der Waals surface area contributed by atoms with E-state index in [1.54, 1.807) is 6.92 Å². The minimum Gasteiger partial charge on any atom is -0.368 e. The summed E-state index contributed by atoms with van der Waals surface area (Å²) in [5.41, 5.74) is 3.15. The Kier molecular flexibility index (Phi) is 34.6. The number of hydrogen-bond acceptors (Lipinski definition) is 7. The van der Waals surface area contributed by atoms with Gasteiger partial charge >= 0.3 is 0 Å². The smallest absolute Gasteiger partial charge is 0.296 e. The van der Waals surface area contributed by atoms with E-state index in [1.807, 2.05) is 30.6 Å². The summed E-state index contributed by atoms with van der Waals surface area (Å²) < 4.78 is 60.7. The van der Waals surface area contributed by atoms with E-state index in [2.05, 4.69) is 74.4 Å². The zero-order valence-corrected chi connectivity index (χ0v) is 33.6. The van der Waals surface area contributed by atoms with Crippen LogP contribution in [0.1, 0.15) is 116 Å². The first kappa shape index (κ1) is 53.3. The number of aromatic nitrogens is 4. The number of aryl methyl sites for hydroxylation is 1. The Labute approximate surface area is 315 Å². The fourth-order valence-corrected chi connectivity index (χ4v) is 5.78. The normalized spacial score (nSPS) is 10.8. The van der Waals surface area contributed by atoms with E-state index in [-0.39, 0.29) is 9.79 Å². The van der Waals surface area contributed by atoms with Gasteiger partial charge in [0.05, 0.1) is 27.1 Å². The molecule has 4 rings (SSSR count). The summed E-state index contributed by atoms with van der Waals surface area (Å²) in [5.74, 6) is 0.505. The maximum absolute atomic E-state index is 11.3. The minimum atomic E-state index is -4.20. The molecule has 0 bridgehead atoms. The summed E-state index contributed by atoms with van der Waals surface area (Å²) in [4.78, 5) is 11.6. The molecule has 0 aliphatic heterocycles. The van der Waals surface area contributed by atoms with Gasteiger partial charge < -0.3 is 19.9 Å². The molecule has 294 valence electrons. The number of rotatable bonds is 14. The standard InChI is InChI=1S/C17H26N2O3S.C8H18.C4H5NO3S.C4H5N.2CH3B.H2O3/c1-4-6-8-13(7-5-2)14-9-10-15(19-14)16-11-17(12(3)18-16)23(20,21)22;1-3-5-7-8-6-4-2;6-9(7,8)4-1-2-5-3-4;1-2-4-5-3-1;2*1-2;1-3-2/h9-11,13,18-19H,4-8H2,1-3H3,(H,20,21,22);3-8H2,1-2H3;1-3,5H,(H,6,7,8);1-5H;2*1H3;1-2H. The Balaban J connectivity index is -0.000000678. The minimum absolute atomic E-state index is 0.0697. The van der Waals surface area contributed by atoms with Gasteiger partial charge in [-0.25, -0.2) is 10.5 Å². The molecule has 0 saturated heterocycles. The lowest BCUT2D eigenvalue weighted by molar-refractivity contribution is -0.465. The maximum Gasteiger partial charge on any atom is 0.296 e. The van der Waals surface area contributed by atoms with Gasteiger partial charge in [-0.2, -0.15) is 16.8 Å². The molecule has 0 spiro atoms. The molecular formula is C35H62B2N4O9S2. The van der Waals surface area contributed by atoms with Gasteiger partial charge in [-0.15, -0.1) is 0 Å². The van der Waals surface area contributed by atoms with Gasteiger partial charge in [0.1, 0.15) is 9.79 Å². The molecule has 0 aliphatic rings. The highest BCUT2D eigenvalue weighted by molar-refractivity contribution is 7.86. The summed E-state index contributed by atoms with van der Waals surface area (Å²) in [6.45, 7) is 13.5. The van der Waals surface area contributed by atoms with Crippen LogP contribution in [-0.2, 0) is 25.3 Å². The summed E-state index contributed by atoms with van der Waals surface area (Å²) in [7, 11) is 0.813. The second kappa shape index (κ2) is 33.8. The Hall–Kier alpha value is -3.05. The van der Waals surface area contributed by atoms with Crippen LogP contribution >= 0.6 is 0 Å². The highest BCUT2D eigenvalue weighted by atomic mass is 32.2. The highest BCUT2D eigenvalue weighted by Crippen LogP contribution is 2.30. The Morgan fingerprint density at radius 1 is 0.673 bits per heavy atom. The maximum atomic E-state index is 11.3. The van der Waals surface area contributed by atoms with Crippen LogP contribution in [-0.4, -0.2) is 72.1 Å². The molecule has 0 fully saturated rings. The van der Waals surface area contributed by atoms with E-state index in [4.69, 9.17) is 15.1 Å². The third-order valence-electron chi connectivity index (χ3n) is 7.05. The van der Waals surface area contributed by atoms with Gasteiger partial charge in [0, 0.05) is 36.2 Å². The Morgan fingerprint density at radius 2 is 1.21 bits per heavy atom. The molecule has 4 aromatic rings. The molecule has 1 unspecified atom stereocenters. The average molecular weight is 769 g/mol. The average Bonchev–Trinajstić information content (AvgIpc) is 3.95. The molecule has 0 aromatic carbocycles. The van der Waals surface area contributed by atoms with Crippen molar-refractivity contribution in [3.8, 4) is 11.4 Å². The van der Waals surface area contributed by atoms with Crippen LogP contribution in [0.4, 0.5) is 0 Å². The van der Waals surface area contributed by atoms with E-state index in [9.17, 15) is 21.4 Å². The molecular weight excluding hydrogens is 706 g/mol. The van der Waals surface area contributed by atoms with E-state index in [0.717, 1.165) is 25.0 Å². The molecule has 4 heterocycles. The fraction of sp³-hybridized carbons (Fsp3) is 0.543. The van der Waals surface area contributed by atoms with Crippen molar-refractivity contribution in [1.29, 1.82) is 0 Å². The quantitative estimate of drug-likeness (QED) is 0.0201. The van der Waals surface area contributed by atoms with Crippen molar-refractivity contribution in [2.45, 2.75) is 135 Å². The van der Waals surface area contributed by atoms with Crippen molar-refractivity contribution >= 4 is 35.9 Å². The van der Waals surface area contributed by atoms with Crippen molar-refractivity contribution < 1.29 is 41.5 Å². The van der Waals surface area contributed by atoms with Crippen LogP contribution in [0.3, 0.4) is 0 Å². The molecule has 8 N–H and O–H groups in total. The lowest BCUT2D eigenvalue weighted by atomic mass is 9.94. The van der Waals surface area contributed by atoms with Crippen molar-refractivity contribution in [1.82, 2.24) is 19.9 Å². The molecule has 52 heavy (non-hydrogen) atoms. The van der Waals surface area contributed by atoms with Crippen molar-refractivity contribution in [3.63, 3.8) is 0 Å². The topological polar surface area (TPSA) is 222 Å². The molecule has 1 atom stereocenters. The molecule has 0 aliphatic carbocycles. The SMILES string of the molecule is CCCCC(CCC)c1ccc(-c2cc(S(=O)(=O)O)c(C)[nH]2)[nH]1.CCCCCCCC.O=S(=O)(O)c1cc[nH]c1.OOO.[B]C.[B]C.c1cc[nH]c1. The number of H-pyrrole nitrogens is 4. The Bertz CT molecular complexity index is 1500. The fourth-order valence-electron chi connectivity index (χ4n) is 4.61. The van der Waals surface area contributed by atoms with Gasteiger partial charge in [-0.1, -0.05) is 104 Å². The van der Waals surface area contributed by atoms with Crippen LogP contribution in [0.5, 0.6) is 0 Å². The predicted octanol–water partition coefficient (Wildman–Crippen LogP) is 9.64. The second-order valence-electron chi connectivity index (χ2n) is 11.0. The summed E-state index contributed by atoms with van der Waals surface area (Å²) in [5, 5.41) is 15.5. The lowest BCUT2D eigenvalue weighted by Gasteiger charge is -2.14. The molecule has 4 aromatic heterocycles. The monoisotopic (exact) mass is 768 g/mol. The van der Waals surface area contributed by atoms with Crippen LogP contribution in [0.25, 0.3) is 11.4 Å². The van der Waals surface area contributed by atoms with Crippen LogP contribution in [0.15, 0.2) is 71.0 Å². The van der Waals surface area contributed by atoms with Crippen LogP contribution < -0.4 is 0 Å². The zero-order valence-electron chi connectivity index (χ0n) is 31.9. The van der Waals surface area contributed by atoms with E-state index in [1.165, 1.54) is 95.2 Å². The predicted molar refractivity (Wildman–Crippen MR) is 212 cm³/mol. The van der Waals surface area contributed by atoms with Gasteiger partial charge in [0.2, 0.25) is 0 Å². The van der Waals surface area contributed by atoms with Gasteiger partial charge in [0.15, 0.2) is 0 Å². The highest BCUT2D eigenvalue weighted by Gasteiger charge is 2.19. The first-order valence-electron chi connectivity index (χ1n) is 17.4. The third kappa shape index (κ3) is 25.8. The lowest BCUT2D eigenvalue weighted by Crippen LogP contribution is -1.99. The van der Waals surface area contributed by atoms with Crippen molar-refractivity contribution in [2.24, 2.45) is 0 Å². The number of nitrogens with one attached hydrogen (secondary N) is 4. The van der Waals surface area contributed by atoms with E-state index < -0.39 is 20.2 Å². The largest absolute Gasteiger partial charge is 0.368 e. The summed E-state index contributed by atoms with van der Waals surface area (Å²) in [6.07, 6.45) is 20.7. The first-order valence-corrected chi connectivity index (χ1v) is 20.3. The molecule has 4 radical (unpaired) electrons. The van der Waals surface area contributed by atoms with Crippen molar-refractivity contribution in [3.05, 3.63) is 72.6 Å². The zero-order chi connectivity index (χ0) is 40.4. The van der Waals surface area contributed by atoms with E-state index >= 15 is 0 Å². The van der Waals surface area contributed by atoms with Crippen LogP contribution in [0.2, 0.25) is 13.6 Å². The van der Waals surface area contributed by atoms with E-state index in [0.29, 0.717) is 17.3 Å². The summed E-state index contributed by atoms with van der Waals surface area (Å²) in [6, 6.07) is 10.7.